The van der Waals surface area contributed by atoms with Gasteiger partial charge >= 0.3 is 0 Å². The Morgan fingerprint density at radius 3 is 2.22 bits per heavy atom. The molecule has 0 unspecified atom stereocenters. The van der Waals surface area contributed by atoms with Crippen LogP contribution in [0.15, 0.2) is 54.6 Å². The fraction of sp³-hybridized carbons (Fsp3) is 0.0769. The van der Waals surface area contributed by atoms with Crippen LogP contribution in [0.4, 0.5) is 0 Å². The van der Waals surface area contributed by atoms with E-state index >= 15 is 0 Å². The minimum absolute atomic E-state index is 0.0800. The van der Waals surface area contributed by atoms with Crippen molar-refractivity contribution in [1.29, 1.82) is 0 Å². The summed E-state index contributed by atoms with van der Waals surface area (Å²) in [6.07, 6.45) is 0.506. The molecule has 0 spiro atoms. The van der Waals surface area contributed by atoms with Gasteiger partial charge in [0.2, 0.25) is 0 Å². The summed E-state index contributed by atoms with van der Waals surface area (Å²) in [6, 6.07) is 16.1. The Labute approximate surface area is 106 Å². The molecule has 2 aromatic rings. The van der Waals surface area contributed by atoms with Crippen molar-refractivity contribution in [2.24, 2.45) is 0 Å². The molecule has 0 atom stereocenters. The van der Waals surface area contributed by atoms with E-state index in [1.165, 1.54) is 6.07 Å². The van der Waals surface area contributed by atoms with Crippen molar-refractivity contribution in [2.45, 2.75) is 6.42 Å². The fourth-order valence-electron chi connectivity index (χ4n) is 1.66. The summed E-state index contributed by atoms with van der Waals surface area (Å²) in [4.78, 5) is 0. The van der Waals surface area contributed by atoms with E-state index in [1.54, 1.807) is 18.2 Å². The zero-order valence-electron chi connectivity index (χ0n) is 9.44. The molecule has 0 aliphatic heterocycles. The lowest BCUT2D eigenvalue weighted by Gasteiger charge is -2.13. The minimum Gasteiger partial charge on any atom is -0.716 e. The van der Waals surface area contributed by atoms with Crippen LogP contribution in [0.5, 0.6) is 5.75 Å². The number of hydrogen-bond donors (Lipinski definition) is 0. The number of hydrogen-bond acceptors (Lipinski definition) is 4. The Kier molecular flexibility index (Phi) is 3.64. The Morgan fingerprint density at radius 1 is 0.944 bits per heavy atom. The SMILES string of the molecule is O=S(=O)([O-])Oc1ccccc1Cc1ccccc1. The van der Waals surface area contributed by atoms with Gasteiger partial charge in [0.05, 0.1) is 0 Å². The first-order valence-corrected chi connectivity index (χ1v) is 6.65. The van der Waals surface area contributed by atoms with Crippen LogP contribution in [0.1, 0.15) is 11.1 Å². The summed E-state index contributed by atoms with van der Waals surface area (Å²) in [5, 5.41) is 0. The zero-order valence-corrected chi connectivity index (χ0v) is 10.3. The maximum absolute atomic E-state index is 10.6. The summed E-state index contributed by atoms with van der Waals surface area (Å²) < 4.78 is 36.3. The van der Waals surface area contributed by atoms with Gasteiger partial charge in [-0.25, -0.2) is 8.42 Å². The van der Waals surface area contributed by atoms with Crippen LogP contribution in [0, 0.1) is 0 Å². The summed E-state index contributed by atoms with van der Waals surface area (Å²) in [6.45, 7) is 0. The van der Waals surface area contributed by atoms with Crippen LogP contribution >= 0.6 is 0 Å². The molecular weight excluding hydrogens is 252 g/mol. The molecular formula is C13H11O4S-. The molecule has 0 aromatic heterocycles. The maximum atomic E-state index is 10.6. The standard InChI is InChI=1S/C13H12O4S/c14-18(15,16)17-13-9-5-4-8-12(13)10-11-6-2-1-3-7-11/h1-9H,10H2,(H,14,15,16)/p-1. The summed E-state index contributed by atoms with van der Waals surface area (Å²) >= 11 is 0. The monoisotopic (exact) mass is 263 g/mol. The van der Waals surface area contributed by atoms with E-state index in [2.05, 4.69) is 4.18 Å². The third-order valence-electron chi connectivity index (χ3n) is 2.40. The average molecular weight is 263 g/mol. The number of para-hydroxylation sites is 1. The average Bonchev–Trinajstić information content (AvgIpc) is 2.31. The first-order valence-electron chi connectivity index (χ1n) is 5.32. The fourth-order valence-corrected chi connectivity index (χ4v) is 2.04. The molecule has 0 N–H and O–H groups in total. The van der Waals surface area contributed by atoms with Crippen LogP contribution in [0.2, 0.25) is 0 Å². The summed E-state index contributed by atoms with van der Waals surface area (Å²) in [7, 11) is -4.74. The lowest BCUT2D eigenvalue weighted by atomic mass is 10.0. The lowest BCUT2D eigenvalue weighted by Crippen LogP contribution is -2.08. The summed E-state index contributed by atoms with van der Waals surface area (Å²) in [5.74, 6) is 0.0800. The molecule has 0 amide bonds. The van der Waals surface area contributed by atoms with Crippen molar-refractivity contribution in [3.63, 3.8) is 0 Å². The van der Waals surface area contributed by atoms with Crippen LogP contribution in [0.3, 0.4) is 0 Å². The number of benzene rings is 2. The zero-order chi connectivity index (χ0) is 13.0. The van der Waals surface area contributed by atoms with Gasteiger partial charge in [-0.1, -0.05) is 48.5 Å². The van der Waals surface area contributed by atoms with Gasteiger partial charge in [0, 0.05) is 12.0 Å². The van der Waals surface area contributed by atoms with Crippen molar-refractivity contribution in [3.05, 3.63) is 65.7 Å². The van der Waals surface area contributed by atoms with E-state index < -0.39 is 10.4 Å². The van der Waals surface area contributed by atoms with Crippen molar-refractivity contribution < 1.29 is 17.2 Å². The first-order chi connectivity index (χ1) is 8.54. The third kappa shape index (κ3) is 3.58. The van der Waals surface area contributed by atoms with Crippen molar-refractivity contribution in [3.8, 4) is 5.75 Å². The highest BCUT2D eigenvalue weighted by Crippen LogP contribution is 2.22. The van der Waals surface area contributed by atoms with Gasteiger partial charge in [0.15, 0.2) is 0 Å². The van der Waals surface area contributed by atoms with Gasteiger partial charge in [-0.2, -0.15) is 0 Å². The second-order valence-electron chi connectivity index (χ2n) is 3.76. The predicted molar refractivity (Wildman–Crippen MR) is 66.0 cm³/mol. The van der Waals surface area contributed by atoms with E-state index in [-0.39, 0.29) is 5.75 Å². The topological polar surface area (TPSA) is 66.4 Å². The van der Waals surface area contributed by atoms with Gasteiger partial charge < -0.3 is 8.74 Å². The van der Waals surface area contributed by atoms with E-state index in [0.717, 1.165) is 5.56 Å². The molecule has 0 aliphatic carbocycles. The van der Waals surface area contributed by atoms with Crippen LogP contribution in [-0.2, 0) is 16.8 Å². The summed E-state index contributed by atoms with van der Waals surface area (Å²) in [5.41, 5.74) is 1.67. The molecule has 0 radical (unpaired) electrons. The maximum Gasteiger partial charge on any atom is 0.262 e. The van der Waals surface area contributed by atoms with E-state index in [0.29, 0.717) is 12.0 Å². The van der Waals surface area contributed by atoms with Gasteiger partial charge in [-0.05, 0) is 11.6 Å². The van der Waals surface area contributed by atoms with Crippen LogP contribution in [-0.4, -0.2) is 13.0 Å². The minimum atomic E-state index is -4.74. The van der Waals surface area contributed by atoms with Crippen LogP contribution < -0.4 is 4.18 Å². The molecule has 0 fully saturated rings. The predicted octanol–water partition coefficient (Wildman–Crippen LogP) is 2.12. The molecule has 0 aliphatic rings. The first kappa shape index (κ1) is 12.6. The van der Waals surface area contributed by atoms with E-state index in [1.807, 2.05) is 30.3 Å². The lowest BCUT2D eigenvalue weighted by molar-refractivity contribution is 0.371. The molecule has 5 heteroatoms. The van der Waals surface area contributed by atoms with E-state index in [9.17, 15) is 13.0 Å². The molecule has 0 bridgehead atoms. The van der Waals surface area contributed by atoms with Gasteiger partial charge in [0.1, 0.15) is 5.75 Å². The van der Waals surface area contributed by atoms with Gasteiger partial charge in [-0.15, -0.1) is 0 Å². The Bertz CT molecular complexity index is 620. The van der Waals surface area contributed by atoms with Crippen LogP contribution in [0.25, 0.3) is 0 Å². The third-order valence-corrected chi connectivity index (χ3v) is 2.79. The largest absolute Gasteiger partial charge is 0.716 e. The molecule has 0 saturated heterocycles. The second-order valence-corrected chi connectivity index (χ2v) is 4.74. The normalized spacial score (nSPS) is 11.2. The van der Waals surface area contributed by atoms with E-state index in [4.69, 9.17) is 0 Å². The molecule has 94 valence electrons. The number of rotatable bonds is 4. The Morgan fingerprint density at radius 2 is 1.56 bits per heavy atom. The molecule has 2 rings (SSSR count). The highest BCUT2D eigenvalue weighted by molar-refractivity contribution is 7.81. The molecule has 4 nitrogen and oxygen atoms in total. The molecule has 2 aromatic carbocycles. The van der Waals surface area contributed by atoms with Gasteiger partial charge in [0.25, 0.3) is 10.4 Å². The highest BCUT2D eigenvalue weighted by atomic mass is 32.3. The quantitative estimate of drug-likeness (QED) is 0.626. The Balaban J connectivity index is 2.28. The smallest absolute Gasteiger partial charge is 0.262 e. The molecule has 0 heterocycles. The molecule has 0 saturated carbocycles. The van der Waals surface area contributed by atoms with Crippen molar-refractivity contribution in [1.82, 2.24) is 0 Å². The highest BCUT2D eigenvalue weighted by Gasteiger charge is 2.06. The van der Waals surface area contributed by atoms with Crippen molar-refractivity contribution >= 4 is 10.4 Å². The van der Waals surface area contributed by atoms with Gasteiger partial charge in [-0.3, -0.25) is 0 Å². The second kappa shape index (κ2) is 5.20. The Hall–Kier alpha value is -1.85. The molecule has 18 heavy (non-hydrogen) atoms. The van der Waals surface area contributed by atoms with Crippen molar-refractivity contribution in [2.75, 3.05) is 0 Å².